The van der Waals surface area contributed by atoms with Crippen LogP contribution in [0.2, 0.25) is 0 Å². The first-order valence-electron chi connectivity index (χ1n) is 8.71. The molecule has 0 saturated heterocycles. The summed E-state index contributed by atoms with van der Waals surface area (Å²) in [5, 5.41) is 3.94. The Labute approximate surface area is 165 Å². The zero-order valence-electron chi connectivity index (χ0n) is 15.8. The highest BCUT2D eigenvalue weighted by Gasteiger charge is 2.30. The van der Waals surface area contributed by atoms with Gasteiger partial charge in [-0.05, 0) is 49.7 Å². The number of hydrogen-bond acceptors (Lipinski definition) is 7. The average molecular weight is 411 g/mol. The van der Waals surface area contributed by atoms with Crippen LogP contribution >= 0.6 is 0 Å². The Balaban J connectivity index is 2.02. The molecule has 29 heavy (non-hydrogen) atoms. The molecule has 0 saturated carbocycles. The lowest BCUT2D eigenvalue weighted by molar-refractivity contribution is -0.145. The molecule has 1 aromatic heterocycles. The largest absolute Gasteiger partial charge is 0.490 e. The minimum Gasteiger partial charge on any atom is -0.490 e. The number of ether oxygens (including phenoxy) is 3. The molecular weight excluding hydrogens is 391 g/mol. The van der Waals surface area contributed by atoms with Crippen molar-refractivity contribution in [2.75, 3.05) is 25.2 Å². The Hall–Kier alpha value is -3.30. The fraction of sp³-hybridized carbons (Fsp3) is 0.316. The highest BCUT2D eigenvalue weighted by Crippen LogP contribution is 2.29. The molecule has 1 heterocycles. The van der Waals surface area contributed by atoms with E-state index in [1.165, 1.54) is 12.3 Å². The highest BCUT2D eigenvalue weighted by molar-refractivity contribution is 5.81. The van der Waals surface area contributed by atoms with Gasteiger partial charge in [0.25, 0.3) is 0 Å². The van der Waals surface area contributed by atoms with Gasteiger partial charge in [-0.3, -0.25) is 5.43 Å². The molecule has 7 nitrogen and oxygen atoms in total. The predicted molar refractivity (Wildman–Crippen MR) is 100 cm³/mol. The lowest BCUT2D eigenvalue weighted by atomic mass is 10.2. The summed E-state index contributed by atoms with van der Waals surface area (Å²) < 4.78 is 53.3. The predicted octanol–water partition coefficient (Wildman–Crippen LogP) is 3.89. The second kappa shape index (κ2) is 10.3. The van der Waals surface area contributed by atoms with Crippen LogP contribution in [0.4, 0.5) is 19.0 Å². The van der Waals surface area contributed by atoms with Crippen molar-refractivity contribution in [3.8, 4) is 11.5 Å². The van der Waals surface area contributed by atoms with Gasteiger partial charge in [0.05, 0.1) is 25.0 Å². The van der Waals surface area contributed by atoms with Gasteiger partial charge >= 0.3 is 12.1 Å². The molecule has 0 fully saturated rings. The molecular formula is C19H20F3N3O4. The van der Waals surface area contributed by atoms with Crippen molar-refractivity contribution in [2.24, 2.45) is 5.10 Å². The van der Waals surface area contributed by atoms with E-state index in [1.807, 2.05) is 0 Å². The van der Waals surface area contributed by atoms with Crippen LogP contribution in [0.3, 0.4) is 0 Å². The van der Waals surface area contributed by atoms with E-state index in [0.717, 1.165) is 12.3 Å². The SMILES string of the molecule is CCOC(=O)COc1ccc(/C=N\Nc2ccc(C(F)(F)F)cn2)cc1OCC. The summed E-state index contributed by atoms with van der Waals surface area (Å²) in [5.41, 5.74) is 2.34. The smallest absolute Gasteiger partial charge is 0.417 e. The number of aromatic nitrogens is 1. The third kappa shape index (κ3) is 6.98. The molecule has 0 aliphatic carbocycles. The number of carbonyl (C=O) groups is 1. The van der Waals surface area contributed by atoms with E-state index in [0.29, 0.717) is 23.7 Å². The maximum atomic E-state index is 12.5. The molecule has 1 aromatic carbocycles. The van der Waals surface area contributed by atoms with E-state index >= 15 is 0 Å². The minimum atomic E-state index is -4.44. The number of halogens is 3. The highest BCUT2D eigenvalue weighted by atomic mass is 19.4. The molecule has 0 spiro atoms. The molecule has 1 N–H and O–H groups in total. The van der Waals surface area contributed by atoms with Gasteiger partial charge in [0.1, 0.15) is 5.82 Å². The second-order valence-corrected chi connectivity index (χ2v) is 5.53. The number of hydrazone groups is 1. The van der Waals surface area contributed by atoms with Crippen LogP contribution in [0.25, 0.3) is 0 Å². The maximum absolute atomic E-state index is 12.5. The number of pyridine rings is 1. The van der Waals surface area contributed by atoms with Crippen LogP contribution in [0, 0.1) is 0 Å². The Morgan fingerprint density at radius 2 is 1.93 bits per heavy atom. The summed E-state index contributed by atoms with van der Waals surface area (Å²) in [4.78, 5) is 15.1. The summed E-state index contributed by atoms with van der Waals surface area (Å²) >= 11 is 0. The van der Waals surface area contributed by atoms with E-state index in [-0.39, 0.29) is 19.0 Å². The molecule has 156 valence electrons. The molecule has 0 radical (unpaired) electrons. The van der Waals surface area contributed by atoms with Crippen LogP contribution in [-0.2, 0) is 15.7 Å². The quantitative estimate of drug-likeness (QED) is 0.383. The number of hydrogen-bond donors (Lipinski definition) is 1. The summed E-state index contributed by atoms with van der Waals surface area (Å²) in [6.07, 6.45) is -2.28. The third-order valence-electron chi connectivity index (χ3n) is 3.40. The van der Waals surface area contributed by atoms with Crippen LogP contribution in [0.5, 0.6) is 11.5 Å². The lowest BCUT2D eigenvalue weighted by Crippen LogP contribution is -2.15. The third-order valence-corrected chi connectivity index (χ3v) is 3.40. The van der Waals surface area contributed by atoms with Crippen molar-refractivity contribution in [1.82, 2.24) is 4.98 Å². The average Bonchev–Trinajstić information content (AvgIpc) is 2.67. The molecule has 10 heteroatoms. The summed E-state index contributed by atoms with van der Waals surface area (Å²) in [7, 11) is 0. The lowest BCUT2D eigenvalue weighted by Gasteiger charge is -2.12. The van der Waals surface area contributed by atoms with Gasteiger partial charge in [-0.25, -0.2) is 9.78 Å². The van der Waals surface area contributed by atoms with Crippen molar-refractivity contribution >= 4 is 18.0 Å². The zero-order valence-corrected chi connectivity index (χ0v) is 15.8. The Morgan fingerprint density at radius 3 is 2.55 bits per heavy atom. The minimum absolute atomic E-state index is 0.161. The van der Waals surface area contributed by atoms with Crippen molar-refractivity contribution < 1.29 is 32.2 Å². The number of nitrogens with one attached hydrogen (secondary N) is 1. The normalized spacial score (nSPS) is 11.3. The van der Waals surface area contributed by atoms with Gasteiger partial charge in [-0.2, -0.15) is 18.3 Å². The van der Waals surface area contributed by atoms with Gasteiger partial charge in [0.15, 0.2) is 18.1 Å². The van der Waals surface area contributed by atoms with E-state index in [9.17, 15) is 18.0 Å². The first kappa shape index (κ1) is 22.0. The summed E-state index contributed by atoms with van der Waals surface area (Å²) in [6.45, 7) is 3.89. The van der Waals surface area contributed by atoms with Crippen LogP contribution in [0.15, 0.2) is 41.6 Å². The molecule has 0 bridgehead atoms. The molecule has 0 amide bonds. The van der Waals surface area contributed by atoms with E-state index < -0.39 is 17.7 Å². The Morgan fingerprint density at radius 1 is 1.14 bits per heavy atom. The van der Waals surface area contributed by atoms with Crippen LogP contribution < -0.4 is 14.9 Å². The standard InChI is InChI=1S/C19H20F3N3O4/c1-3-27-16-9-13(5-7-15(16)29-12-18(26)28-4-2)10-24-25-17-8-6-14(11-23-17)19(20,21)22/h5-11H,3-4,12H2,1-2H3,(H,23,25)/b24-10-. The van der Waals surface area contributed by atoms with Crippen molar-refractivity contribution in [3.05, 3.63) is 47.7 Å². The number of alkyl halides is 3. The number of carbonyl (C=O) groups excluding carboxylic acids is 1. The van der Waals surface area contributed by atoms with E-state index in [4.69, 9.17) is 14.2 Å². The zero-order chi connectivity index (χ0) is 21.3. The molecule has 2 rings (SSSR count). The number of nitrogens with zero attached hydrogens (tertiary/aromatic N) is 2. The summed E-state index contributed by atoms with van der Waals surface area (Å²) in [5.74, 6) is 0.449. The van der Waals surface area contributed by atoms with Gasteiger partial charge < -0.3 is 14.2 Å². The topological polar surface area (TPSA) is 82.0 Å². The molecule has 0 unspecified atom stereocenters. The first-order chi connectivity index (χ1) is 13.8. The molecule has 0 atom stereocenters. The van der Waals surface area contributed by atoms with Gasteiger partial charge in [-0.15, -0.1) is 0 Å². The van der Waals surface area contributed by atoms with Crippen LogP contribution in [-0.4, -0.2) is 37.0 Å². The Bertz CT molecular complexity index is 840. The fourth-order valence-corrected chi connectivity index (χ4v) is 2.13. The van der Waals surface area contributed by atoms with Crippen LogP contribution in [0.1, 0.15) is 25.0 Å². The maximum Gasteiger partial charge on any atom is 0.417 e. The van der Waals surface area contributed by atoms with Crippen molar-refractivity contribution in [1.29, 1.82) is 0 Å². The van der Waals surface area contributed by atoms with Crippen molar-refractivity contribution in [2.45, 2.75) is 20.0 Å². The van der Waals surface area contributed by atoms with Gasteiger partial charge in [-0.1, -0.05) is 0 Å². The number of anilines is 1. The molecule has 0 aliphatic heterocycles. The monoisotopic (exact) mass is 411 g/mol. The number of esters is 1. The number of benzene rings is 1. The van der Waals surface area contributed by atoms with E-state index in [2.05, 4.69) is 15.5 Å². The Kier molecular flexibility index (Phi) is 7.81. The van der Waals surface area contributed by atoms with Crippen molar-refractivity contribution in [3.63, 3.8) is 0 Å². The van der Waals surface area contributed by atoms with Gasteiger partial charge in [0.2, 0.25) is 0 Å². The number of rotatable bonds is 9. The molecule has 2 aromatic rings. The van der Waals surface area contributed by atoms with E-state index in [1.54, 1.807) is 32.0 Å². The second-order valence-electron chi connectivity index (χ2n) is 5.53. The molecule has 0 aliphatic rings. The first-order valence-corrected chi connectivity index (χ1v) is 8.71. The van der Waals surface area contributed by atoms with Gasteiger partial charge in [0, 0.05) is 6.20 Å². The summed E-state index contributed by atoms with van der Waals surface area (Å²) in [6, 6.07) is 7.03. The fourth-order valence-electron chi connectivity index (χ4n) is 2.13.